The Bertz CT molecular complexity index is 726. The molecule has 1 aliphatic heterocycles. The van der Waals surface area contributed by atoms with Crippen LogP contribution < -0.4 is 9.62 Å². The van der Waals surface area contributed by atoms with Crippen LogP contribution in [0.3, 0.4) is 0 Å². The monoisotopic (exact) mass is 332 g/mol. The van der Waals surface area contributed by atoms with E-state index in [1.807, 2.05) is 18.2 Å². The lowest BCUT2D eigenvalue weighted by molar-refractivity contribution is 0.568. The number of sulfonamides is 1. The van der Waals surface area contributed by atoms with Gasteiger partial charge in [-0.25, -0.2) is 18.4 Å². The molecule has 0 spiro atoms. The molecule has 122 valence electrons. The molecule has 0 saturated carbocycles. The number of nitrogens with zero attached hydrogens (tertiary/aromatic N) is 3. The zero-order valence-corrected chi connectivity index (χ0v) is 13.7. The molecule has 1 N–H and O–H groups in total. The van der Waals surface area contributed by atoms with Gasteiger partial charge in [-0.2, -0.15) is 0 Å². The first-order valence-corrected chi connectivity index (χ1v) is 9.39. The van der Waals surface area contributed by atoms with Crippen LogP contribution in [0, 0.1) is 0 Å². The fourth-order valence-electron chi connectivity index (χ4n) is 2.64. The largest absolute Gasteiger partial charge is 0.341 e. The quantitative estimate of drug-likeness (QED) is 0.910. The Morgan fingerprint density at radius 2 is 1.65 bits per heavy atom. The Labute approximate surface area is 136 Å². The van der Waals surface area contributed by atoms with Crippen LogP contribution in [0.5, 0.6) is 0 Å². The van der Waals surface area contributed by atoms with Crippen molar-refractivity contribution in [1.82, 2.24) is 9.97 Å². The van der Waals surface area contributed by atoms with E-state index in [9.17, 15) is 8.42 Å². The maximum atomic E-state index is 12.2. The summed E-state index contributed by atoms with van der Waals surface area (Å²) < 4.78 is 26.9. The van der Waals surface area contributed by atoms with Gasteiger partial charge in [-0.15, -0.1) is 0 Å². The summed E-state index contributed by atoms with van der Waals surface area (Å²) in [6.45, 7) is 1.91. The highest BCUT2D eigenvalue weighted by atomic mass is 32.2. The molecule has 1 aromatic heterocycles. The minimum atomic E-state index is -3.47. The minimum Gasteiger partial charge on any atom is -0.341 e. The lowest BCUT2D eigenvalue weighted by atomic mass is 10.1. The highest BCUT2D eigenvalue weighted by molar-refractivity contribution is 7.91. The van der Waals surface area contributed by atoms with Crippen molar-refractivity contribution in [2.24, 2.45) is 0 Å². The van der Waals surface area contributed by atoms with E-state index in [4.69, 9.17) is 0 Å². The van der Waals surface area contributed by atoms with Gasteiger partial charge in [-0.1, -0.05) is 30.3 Å². The second kappa shape index (κ2) is 6.95. The number of hydrogen-bond donors (Lipinski definition) is 1. The van der Waals surface area contributed by atoms with E-state index in [1.54, 1.807) is 12.1 Å². The number of rotatable bonds is 5. The van der Waals surface area contributed by atoms with Crippen molar-refractivity contribution in [3.05, 3.63) is 48.3 Å². The van der Waals surface area contributed by atoms with Gasteiger partial charge in [-0.3, -0.25) is 4.72 Å². The number of anilines is 2. The molecule has 0 bridgehead atoms. The van der Waals surface area contributed by atoms with Crippen molar-refractivity contribution < 1.29 is 8.42 Å². The second-order valence-electron chi connectivity index (χ2n) is 5.67. The first kappa shape index (κ1) is 15.7. The van der Waals surface area contributed by atoms with Gasteiger partial charge in [0.25, 0.3) is 0 Å². The molecule has 1 saturated heterocycles. The summed E-state index contributed by atoms with van der Waals surface area (Å²) in [5.41, 5.74) is 1.13. The first-order valence-electron chi connectivity index (χ1n) is 7.74. The highest BCUT2D eigenvalue weighted by Crippen LogP contribution is 2.17. The molecular formula is C16H20N4O2S. The molecule has 7 heteroatoms. The van der Waals surface area contributed by atoms with Crippen LogP contribution in [0.2, 0.25) is 0 Å². The van der Waals surface area contributed by atoms with E-state index in [1.165, 1.54) is 18.8 Å². The van der Waals surface area contributed by atoms with Gasteiger partial charge in [0, 0.05) is 13.1 Å². The molecule has 0 unspecified atom stereocenters. The predicted octanol–water partition coefficient (Wildman–Crippen LogP) is 2.41. The molecule has 1 fully saturated rings. The average molecular weight is 332 g/mol. The van der Waals surface area contributed by atoms with Crippen molar-refractivity contribution in [2.45, 2.75) is 25.0 Å². The third kappa shape index (κ3) is 4.41. The van der Waals surface area contributed by atoms with Gasteiger partial charge in [0.1, 0.15) is 0 Å². The van der Waals surface area contributed by atoms with Gasteiger partial charge < -0.3 is 4.90 Å². The van der Waals surface area contributed by atoms with Crippen molar-refractivity contribution in [2.75, 3.05) is 22.7 Å². The van der Waals surface area contributed by atoms with Gasteiger partial charge in [0.05, 0.1) is 23.8 Å². The van der Waals surface area contributed by atoms with E-state index in [2.05, 4.69) is 19.6 Å². The van der Waals surface area contributed by atoms with Gasteiger partial charge in [0.15, 0.2) is 0 Å². The van der Waals surface area contributed by atoms with Crippen molar-refractivity contribution in [3.8, 4) is 0 Å². The SMILES string of the molecule is O=S(=O)(Cc1ccccc1)Nc1cnc(N2CCCCC2)nc1. The number of aromatic nitrogens is 2. The average Bonchev–Trinajstić information content (AvgIpc) is 2.56. The standard InChI is InChI=1S/C16H20N4O2S/c21-23(22,13-14-7-3-1-4-8-14)19-15-11-17-16(18-12-15)20-9-5-2-6-10-20/h1,3-4,7-8,11-12,19H,2,5-6,9-10,13H2. The highest BCUT2D eigenvalue weighted by Gasteiger charge is 2.15. The summed E-state index contributed by atoms with van der Waals surface area (Å²) in [5, 5.41) is 0. The van der Waals surface area contributed by atoms with E-state index in [-0.39, 0.29) is 5.75 Å². The summed E-state index contributed by atoms with van der Waals surface area (Å²) in [7, 11) is -3.47. The van der Waals surface area contributed by atoms with E-state index >= 15 is 0 Å². The Morgan fingerprint density at radius 1 is 1.00 bits per heavy atom. The Morgan fingerprint density at radius 3 is 2.30 bits per heavy atom. The first-order chi connectivity index (χ1) is 11.1. The summed E-state index contributed by atoms with van der Waals surface area (Å²) in [6.07, 6.45) is 6.59. The summed E-state index contributed by atoms with van der Waals surface area (Å²) in [6, 6.07) is 9.07. The Hall–Kier alpha value is -2.15. The molecule has 23 heavy (non-hydrogen) atoms. The number of nitrogens with one attached hydrogen (secondary N) is 1. The number of piperidine rings is 1. The second-order valence-corrected chi connectivity index (χ2v) is 7.39. The van der Waals surface area contributed by atoms with Crippen LogP contribution in [0.15, 0.2) is 42.7 Å². The lowest BCUT2D eigenvalue weighted by Gasteiger charge is -2.26. The van der Waals surface area contributed by atoms with E-state index < -0.39 is 10.0 Å². The zero-order valence-electron chi connectivity index (χ0n) is 12.9. The normalized spacial score (nSPS) is 15.4. The topological polar surface area (TPSA) is 75.2 Å². The predicted molar refractivity (Wildman–Crippen MR) is 90.8 cm³/mol. The maximum absolute atomic E-state index is 12.2. The smallest absolute Gasteiger partial charge is 0.237 e. The Kier molecular flexibility index (Phi) is 4.76. The van der Waals surface area contributed by atoms with Crippen LogP contribution >= 0.6 is 0 Å². The zero-order chi connectivity index (χ0) is 16.1. The van der Waals surface area contributed by atoms with Crippen LogP contribution in [0.25, 0.3) is 0 Å². The fraction of sp³-hybridized carbons (Fsp3) is 0.375. The van der Waals surface area contributed by atoms with Crippen LogP contribution in [0.1, 0.15) is 24.8 Å². The Balaban J connectivity index is 1.65. The van der Waals surface area contributed by atoms with Gasteiger partial charge in [-0.05, 0) is 24.8 Å². The molecular weight excluding hydrogens is 312 g/mol. The number of benzene rings is 1. The van der Waals surface area contributed by atoms with Crippen molar-refractivity contribution >= 4 is 21.7 Å². The van der Waals surface area contributed by atoms with Crippen LogP contribution in [0.4, 0.5) is 11.6 Å². The van der Waals surface area contributed by atoms with Crippen molar-refractivity contribution in [1.29, 1.82) is 0 Å². The third-order valence-corrected chi connectivity index (χ3v) is 5.01. The van der Waals surface area contributed by atoms with E-state index in [0.29, 0.717) is 11.6 Å². The third-order valence-electron chi connectivity index (χ3n) is 3.75. The molecule has 3 rings (SSSR count). The minimum absolute atomic E-state index is 0.0677. The molecule has 1 aliphatic rings. The van der Waals surface area contributed by atoms with E-state index in [0.717, 1.165) is 31.5 Å². The molecule has 0 aliphatic carbocycles. The molecule has 1 aromatic carbocycles. The lowest BCUT2D eigenvalue weighted by Crippen LogP contribution is -2.30. The fourth-order valence-corrected chi connectivity index (χ4v) is 3.81. The molecule has 0 radical (unpaired) electrons. The maximum Gasteiger partial charge on any atom is 0.237 e. The molecule has 6 nitrogen and oxygen atoms in total. The summed E-state index contributed by atoms with van der Waals surface area (Å²) in [5.74, 6) is 0.595. The van der Waals surface area contributed by atoms with Crippen LogP contribution in [-0.4, -0.2) is 31.5 Å². The number of hydrogen-bond acceptors (Lipinski definition) is 5. The summed E-state index contributed by atoms with van der Waals surface area (Å²) >= 11 is 0. The van der Waals surface area contributed by atoms with Crippen LogP contribution in [-0.2, 0) is 15.8 Å². The molecule has 2 aromatic rings. The molecule has 0 amide bonds. The van der Waals surface area contributed by atoms with Gasteiger partial charge >= 0.3 is 0 Å². The molecule has 2 heterocycles. The summed E-state index contributed by atoms with van der Waals surface area (Å²) in [4.78, 5) is 10.7. The van der Waals surface area contributed by atoms with Crippen molar-refractivity contribution in [3.63, 3.8) is 0 Å². The molecule has 0 atom stereocenters. The van der Waals surface area contributed by atoms with Gasteiger partial charge in [0.2, 0.25) is 16.0 Å².